The van der Waals surface area contributed by atoms with Gasteiger partial charge in [0.25, 0.3) is 0 Å². The summed E-state index contributed by atoms with van der Waals surface area (Å²) in [5.41, 5.74) is 3.39. The Kier molecular flexibility index (Phi) is 4.13. The van der Waals surface area contributed by atoms with Crippen molar-refractivity contribution < 1.29 is 0 Å². The molecule has 0 fully saturated rings. The highest BCUT2D eigenvalue weighted by Crippen LogP contribution is 2.33. The molecule has 2 aromatic heterocycles. The zero-order valence-electron chi connectivity index (χ0n) is 13.0. The van der Waals surface area contributed by atoms with Gasteiger partial charge in [-0.25, -0.2) is 0 Å². The number of aliphatic imine (C=N–C) groups is 1. The third-order valence-electron chi connectivity index (χ3n) is 3.74. The number of H-pyrrole nitrogens is 1. The first-order valence-corrected chi connectivity index (χ1v) is 10.1. The van der Waals surface area contributed by atoms with Gasteiger partial charge in [0.2, 0.25) is 0 Å². The van der Waals surface area contributed by atoms with Crippen molar-refractivity contribution in [2.45, 2.75) is 18.7 Å². The summed E-state index contributed by atoms with van der Waals surface area (Å²) in [6.07, 6.45) is 0. The van der Waals surface area contributed by atoms with E-state index in [1.165, 1.54) is 20.0 Å². The number of hydrogen-bond donors (Lipinski definition) is 2. The van der Waals surface area contributed by atoms with Crippen LogP contribution in [0, 0.1) is 13.8 Å². The number of fused-ring (bicyclic) bond motifs is 1. The Morgan fingerprint density at radius 2 is 2.17 bits per heavy atom. The minimum absolute atomic E-state index is 0.924. The number of benzene rings is 1. The van der Waals surface area contributed by atoms with Crippen molar-refractivity contribution in [3.63, 3.8) is 0 Å². The SMILES string of the molecule is Cc1cc(SNc2cccc3cc(C4=NCCS4)[nH]c23)c(C)s1. The number of hydrogen-bond acceptors (Lipinski definition) is 5. The first kappa shape index (κ1) is 15.2. The Bertz CT molecular complexity index is 892. The van der Waals surface area contributed by atoms with E-state index in [0.29, 0.717) is 0 Å². The van der Waals surface area contributed by atoms with E-state index < -0.39 is 0 Å². The summed E-state index contributed by atoms with van der Waals surface area (Å²) in [5.74, 6) is 1.09. The molecule has 1 aliphatic rings. The topological polar surface area (TPSA) is 40.2 Å². The maximum absolute atomic E-state index is 4.56. The fourth-order valence-electron chi connectivity index (χ4n) is 2.67. The zero-order valence-corrected chi connectivity index (χ0v) is 15.4. The van der Waals surface area contributed by atoms with Crippen LogP contribution in [0.25, 0.3) is 10.9 Å². The molecular formula is C17H17N3S3. The molecule has 0 bridgehead atoms. The molecular weight excluding hydrogens is 342 g/mol. The van der Waals surface area contributed by atoms with Gasteiger partial charge in [0.15, 0.2) is 0 Å². The molecule has 1 aromatic carbocycles. The molecule has 1 aliphatic heterocycles. The lowest BCUT2D eigenvalue weighted by Gasteiger charge is -2.06. The molecule has 0 radical (unpaired) electrons. The Labute approximate surface area is 148 Å². The summed E-state index contributed by atoms with van der Waals surface area (Å²) in [7, 11) is 0. The van der Waals surface area contributed by atoms with Gasteiger partial charge in [-0.15, -0.1) is 23.1 Å². The van der Waals surface area contributed by atoms with Gasteiger partial charge in [0, 0.05) is 32.3 Å². The van der Waals surface area contributed by atoms with Crippen LogP contribution in [0.1, 0.15) is 15.4 Å². The number of rotatable bonds is 4. The Hall–Kier alpha value is -1.37. The minimum atomic E-state index is 0.924. The fraction of sp³-hybridized carbons (Fsp3) is 0.235. The fourth-order valence-corrected chi connectivity index (χ4v) is 5.41. The molecule has 0 saturated carbocycles. The number of aromatic nitrogens is 1. The number of nitrogens with zero attached hydrogens (tertiary/aromatic N) is 1. The smallest absolute Gasteiger partial charge is 0.114 e. The second kappa shape index (κ2) is 6.26. The maximum atomic E-state index is 4.56. The molecule has 4 rings (SSSR count). The molecule has 118 valence electrons. The van der Waals surface area contributed by atoms with Crippen LogP contribution >= 0.6 is 35.0 Å². The number of para-hydroxylation sites is 1. The van der Waals surface area contributed by atoms with E-state index in [0.717, 1.165) is 34.2 Å². The van der Waals surface area contributed by atoms with Gasteiger partial charge in [0.1, 0.15) is 5.04 Å². The zero-order chi connectivity index (χ0) is 15.8. The number of aromatic amines is 1. The van der Waals surface area contributed by atoms with Crippen LogP contribution in [0.5, 0.6) is 0 Å². The van der Waals surface area contributed by atoms with Gasteiger partial charge < -0.3 is 9.71 Å². The average Bonchev–Trinajstić information content (AvgIpc) is 3.23. The number of aryl methyl sites for hydroxylation is 2. The van der Waals surface area contributed by atoms with Crippen LogP contribution in [-0.2, 0) is 0 Å². The van der Waals surface area contributed by atoms with E-state index in [2.05, 4.69) is 58.9 Å². The molecule has 0 amide bonds. The van der Waals surface area contributed by atoms with Gasteiger partial charge in [-0.3, -0.25) is 4.99 Å². The lowest BCUT2D eigenvalue weighted by molar-refractivity contribution is 1.17. The van der Waals surface area contributed by atoms with Gasteiger partial charge in [-0.05, 0) is 44.0 Å². The highest BCUT2D eigenvalue weighted by atomic mass is 32.2. The van der Waals surface area contributed by atoms with Gasteiger partial charge in [0.05, 0.1) is 16.9 Å². The number of anilines is 1. The molecule has 0 saturated heterocycles. The van der Waals surface area contributed by atoms with Crippen molar-refractivity contribution in [2.24, 2.45) is 4.99 Å². The lowest BCUT2D eigenvalue weighted by atomic mass is 10.2. The first-order chi connectivity index (χ1) is 11.2. The second-order valence-electron chi connectivity index (χ2n) is 5.47. The summed E-state index contributed by atoms with van der Waals surface area (Å²) in [6.45, 7) is 5.25. The van der Waals surface area contributed by atoms with Crippen molar-refractivity contribution in [1.82, 2.24) is 4.98 Å². The molecule has 3 heterocycles. The van der Waals surface area contributed by atoms with E-state index >= 15 is 0 Å². The number of nitrogens with one attached hydrogen (secondary N) is 2. The monoisotopic (exact) mass is 359 g/mol. The highest BCUT2D eigenvalue weighted by Gasteiger charge is 2.14. The third kappa shape index (κ3) is 3.03. The molecule has 23 heavy (non-hydrogen) atoms. The Morgan fingerprint density at radius 1 is 1.26 bits per heavy atom. The predicted molar refractivity (Wildman–Crippen MR) is 105 cm³/mol. The third-order valence-corrected chi connectivity index (χ3v) is 6.81. The molecule has 6 heteroatoms. The number of thiophene rings is 1. The average molecular weight is 360 g/mol. The van der Waals surface area contributed by atoms with Crippen LogP contribution in [0.3, 0.4) is 0 Å². The molecule has 0 aliphatic carbocycles. The largest absolute Gasteiger partial charge is 0.351 e. The molecule has 0 atom stereocenters. The summed E-state index contributed by atoms with van der Waals surface area (Å²) in [5, 5.41) is 2.35. The predicted octanol–water partition coefficient (Wildman–Crippen LogP) is 5.46. The van der Waals surface area contributed by atoms with Gasteiger partial charge >= 0.3 is 0 Å². The quantitative estimate of drug-likeness (QED) is 0.608. The number of thioether (sulfide) groups is 1. The van der Waals surface area contributed by atoms with Crippen LogP contribution in [0.15, 0.2) is 40.2 Å². The molecule has 0 unspecified atom stereocenters. The van der Waals surface area contributed by atoms with E-state index in [4.69, 9.17) is 0 Å². The van der Waals surface area contributed by atoms with Gasteiger partial charge in [-0.2, -0.15) is 0 Å². The molecule has 3 nitrogen and oxygen atoms in total. The van der Waals surface area contributed by atoms with Crippen molar-refractivity contribution in [1.29, 1.82) is 0 Å². The Morgan fingerprint density at radius 3 is 2.91 bits per heavy atom. The van der Waals surface area contributed by atoms with Crippen molar-refractivity contribution in [3.05, 3.63) is 45.8 Å². The van der Waals surface area contributed by atoms with E-state index in [9.17, 15) is 0 Å². The highest BCUT2D eigenvalue weighted by molar-refractivity contribution is 8.14. The van der Waals surface area contributed by atoms with Gasteiger partial charge in [-0.1, -0.05) is 12.1 Å². The maximum Gasteiger partial charge on any atom is 0.114 e. The van der Waals surface area contributed by atoms with E-state index in [1.807, 2.05) is 23.1 Å². The normalized spacial score (nSPS) is 14.4. The summed E-state index contributed by atoms with van der Waals surface area (Å²) in [6, 6.07) is 10.8. The van der Waals surface area contributed by atoms with Crippen LogP contribution in [0.4, 0.5) is 5.69 Å². The summed E-state index contributed by atoms with van der Waals surface area (Å²) >= 11 is 5.35. The lowest BCUT2D eigenvalue weighted by Crippen LogP contribution is -1.92. The molecule has 2 N–H and O–H groups in total. The van der Waals surface area contributed by atoms with Crippen molar-refractivity contribution in [2.75, 3.05) is 17.0 Å². The first-order valence-electron chi connectivity index (χ1n) is 7.50. The van der Waals surface area contributed by atoms with E-state index in [1.54, 1.807) is 11.9 Å². The van der Waals surface area contributed by atoms with E-state index in [-0.39, 0.29) is 0 Å². The summed E-state index contributed by atoms with van der Waals surface area (Å²) < 4.78 is 3.51. The van der Waals surface area contributed by atoms with Crippen LogP contribution in [0.2, 0.25) is 0 Å². The van der Waals surface area contributed by atoms with Crippen LogP contribution in [-0.4, -0.2) is 22.3 Å². The van der Waals surface area contributed by atoms with Crippen molar-refractivity contribution in [3.8, 4) is 0 Å². The van der Waals surface area contributed by atoms with Crippen molar-refractivity contribution >= 4 is 56.7 Å². The molecule has 3 aromatic rings. The standard InChI is InChI=1S/C17H17N3S3/c1-10-8-15(11(2)22-10)23-20-13-5-3-4-12-9-14(19-16(12)13)17-18-6-7-21-17/h3-5,8-9,19-20H,6-7H2,1-2H3. The Balaban J connectivity index is 1.63. The second-order valence-corrected chi connectivity index (χ2v) is 8.86. The molecule has 0 spiro atoms. The summed E-state index contributed by atoms with van der Waals surface area (Å²) in [4.78, 5) is 12.1. The minimum Gasteiger partial charge on any atom is -0.351 e. The van der Waals surface area contributed by atoms with Crippen LogP contribution < -0.4 is 4.72 Å².